The van der Waals surface area contributed by atoms with Gasteiger partial charge in [-0.15, -0.1) is 6.58 Å². The highest BCUT2D eigenvalue weighted by atomic mass is 32.2. The highest BCUT2D eigenvalue weighted by Crippen LogP contribution is 2.32. The number of nitrogens with one attached hydrogen (secondary N) is 1. The number of aliphatic imine (C=N–C) groups is 1. The molecule has 1 saturated heterocycles. The van der Waals surface area contributed by atoms with Gasteiger partial charge in [0.05, 0.1) is 12.3 Å². The average molecular weight is 428 g/mol. The molecule has 1 aliphatic rings. The quantitative estimate of drug-likeness (QED) is 0.635. The number of hydrogen-bond donors (Lipinski definition) is 1. The van der Waals surface area contributed by atoms with Crippen LogP contribution in [0.15, 0.2) is 66.2 Å². The van der Waals surface area contributed by atoms with E-state index in [1.807, 2.05) is 6.92 Å². The van der Waals surface area contributed by atoms with Gasteiger partial charge in [0.2, 0.25) is 11.8 Å². The van der Waals surface area contributed by atoms with E-state index in [9.17, 15) is 14.0 Å². The maximum atomic E-state index is 13.1. The molecule has 2 aromatic carbocycles. The Hall–Kier alpha value is -3.13. The second-order valence-corrected chi connectivity index (χ2v) is 7.59. The van der Waals surface area contributed by atoms with Gasteiger partial charge in [0.15, 0.2) is 5.17 Å². The molecule has 1 N–H and O–H groups in total. The molecular formula is C22H22FN3O3S. The molecule has 0 spiro atoms. The van der Waals surface area contributed by atoms with Crippen LogP contribution in [-0.4, -0.2) is 40.3 Å². The molecule has 6 nitrogen and oxygen atoms in total. The zero-order valence-electron chi connectivity index (χ0n) is 16.5. The lowest BCUT2D eigenvalue weighted by molar-refractivity contribution is -0.127. The van der Waals surface area contributed by atoms with Crippen LogP contribution in [0, 0.1) is 5.82 Å². The minimum absolute atomic E-state index is 0.00674. The van der Waals surface area contributed by atoms with Gasteiger partial charge in [-0.2, -0.15) is 0 Å². The van der Waals surface area contributed by atoms with Crippen molar-refractivity contribution in [2.24, 2.45) is 4.99 Å². The second kappa shape index (κ2) is 10.1. The predicted molar refractivity (Wildman–Crippen MR) is 118 cm³/mol. The third-order valence-corrected chi connectivity index (χ3v) is 5.38. The van der Waals surface area contributed by atoms with Crippen LogP contribution >= 0.6 is 11.8 Å². The number of anilines is 1. The van der Waals surface area contributed by atoms with Crippen molar-refractivity contribution in [1.29, 1.82) is 0 Å². The number of hydrogen-bond acceptors (Lipinski definition) is 5. The summed E-state index contributed by atoms with van der Waals surface area (Å²) in [6.45, 7) is 6.42. The summed E-state index contributed by atoms with van der Waals surface area (Å²) in [7, 11) is 0. The Morgan fingerprint density at radius 2 is 1.97 bits per heavy atom. The third kappa shape index (κ3) is 5.48. The SMILES string of the molecule is C=CCN1C(=O)[C@@H](CC(=O)Nc2ccc(OCC)cc2)SC1=Nc1ccc(F)cc1. The van der Waals surface area contributed by atoms with Crippen molar-refractivity contribution >= 4 is 40.1 Å². The molecule has 156 valence electrons. The molecule has 0 bridgehead atoms. The van der Waals surface area contributed by atoms with Gasteiger partial charge in [-0.25, -0.2) is 9.38 Å². The van der Waals surface area contributed by atoms with E-state index in [-0.39, 0.29) is 30.6 Å². The first-order chi connectivity index (χ1) is 14.5. The van der Waals surface area contributed by atoms with E-state index in [0.717, 1.165) is 5.75 Å². The summed E-state index contributed by atoms with van der Waals surface area (Å²) in [4.78, 5) is 31.2. The van der Waals surface area contributed by atoms with Gasteiger partial charge in [-0.3, -0.25) is 14.5 Å². The van der Waals surface area contributed by atoms with Crippen molar-refractivity contribution in [2.75, 3.05) is 18.5 Å². The first-order valence-corrected chi connectivity index (χ1v) is 10.3. The van der Waals surface area contributed by atoms with Gasteiger partial charge < -0.3 is 10.1 Å². The van der Waals surface area contributed by atoms with Gasteiger partial charge in [0.1, 0.15) is 16.8 Å². The monoisotopic (exact) mass is 427 g/mol. The lowest BCUT2D eigenvalue weighted by Gasteiger charge is -2.13. The van der Waals surface area contributed by atoms with E-state index in [1.54, 1.807) is 30.3 Å². The molecular weight excluding hydrogens is 405 g/mol. The number of amides is 2. The highest BCUT2D eigenvalue weighted by Gasteiger charge is 2.38. The first kappa shape index (κ1) is 21.6. The van der Waals surface area contributed by atoms with Crippen LogP contribution in [0.25, 0.3) is 0 Å². The second-order valence-electron chi connectivity index (χ2n) is 6.42. The highest BCUT2D eigenvalue weighted by molar-refractivity contribution is 8.15. The number of benzene rings is 2. The molecule has 1 atom stereocenters. The predicted octanol–water partition coefficient (Wildman–Crippen LogP) is 4.37. The fourth-order valence-electron chi connectivity index (χ4n) is 2.83. The van der Waals surface area contributed by atoms with Crippen molar-refractivity contribution in [3.63, 3.8) is 0 Å². The van der Waals surface area contributed by atoms with Gasteiger partial charge in [-0.1, -0.05) is 17.8 Å². The summed E-state index contributed by atoms with van der Waals surface area (Å²) < 4.78 is 18.5. The molecule has 2 amide bonds. The Balaban J connectivity index is 1.67. The summed E-state index contributed by atoms with van der Waals surface area (Å²) in [6.07, 6.45) is 1.60. The molecule has 0 saturated carbocycles. The Morgan fingerprint density at radius 3 is 2.60 bits per heavy atom. The fraction of sp³-hybridized carbons (Fsp3) is 0.227. The van der Waals surface area contributed by atoms with Gasteiger partial charge >= 0.3 is 0 Å². The zero-order chi connectivity index (χ0) is 21.5. The zero-order valence-corrected chi connectivity index (χ0v) is 17.3. The summed E-state index contributed by atoms with van der Waals surface area (Å²) in [6, 6.07) is 12.7. The van der Waals surface area contributed by atoms with E-state index < -0.39 is 5.25 Å². The number of nitrogens with zero attached hydrogens (tertiary/aromatic N) is 2. The van der Waals surface area contributed by atoms with Crippen LogP contribution in [0.5, 0.6) is 5.75 Å². The lowest BCUT2D eigenvalue weighted by atomic mass is 10.2. The molecule has 1 heterocycles. The average Bonchev–Trinajstić information content (AvgIpc) is 3.00. The minimum atomic E-state index is -0.591. The van der Waals surface area contributed by atoms with E-state index in [0.29, 0.717) is 23.1 Å². The molecule has 0 radical (unpaired) electrons. The molecule has 1 fully saturated rings. The van der Waals surface area contributed by atoms with Crippen LogP contribution in [0.3, 0.4) is 0 Å². The Bertz CT molecular complexity index is 945. The molecule has 2 aromatic rings. The van der Waals surface area contributed by atoms with Gasteiger partial charge in [0, 0.05) is 18.7 Å². The molecule has 0 unspecified atom stereocenters. The van der Waals surface area contributed by atoms with Gasteiger partial charge in [-0.05, 0) is 55.5 Å². The van der Waals surface area contributed by atoms with Crippen LogP contribution in [-0.2, 0) is 9.59 Å². The smallest absolute Gasteiger partial charge is 0.242 e. The standard InChI is InChI=1S/C22H22FN3O3S/c1-3-13-26-21(28)19(30-22(26)25-17-7-5-15(23)6-8-17)14-20(27)24-16-9-11-18(12-10-16)29-4-2/h3,5-12,19H,1,4,13-14H2,2H3,(H,24,27)/t19-/m1/s1. The lowest BCUT2D eigenvalue weighted by Crippen LogP contribution is -2.33. The number of carbonyl (C=O) groups is 2. The fourth-order valence-corrected chi connectivity index (χ4v) is 4.00. The minimum Gasteiger partial charge on any atom is -0.494 e. The Labute approximate surface area is 178 Å². The molecule has 0 aliphatic carbocycles. The van der Waals surface area contributed by atoms with E-state index in [2.05, 4.69) is 16.9 Å². The Kier molecular flexibility index (Phi) is 7.24. The summed E-state index contributed by atoms with van der Waals surface area (Å²) >= 11 is 1.22. The largest absolute Gasteiger partial charge is 0.494 e. The van der Waals surface area contributed by atoms with E-state index in [4.69, 9.17) is 4.74 Å². The molecule has 30 heavy (non-hydrogen) atoms. The maximum Gasteiger partial charge on any atom is 0.242 e. The van der Waals surface area contributed by atoms with Crippen molar-refractivity contribution in [2.45, 2.75) is 18.6 Å². The normalized spacial score (nSPS) is 17.3. The van der Waals surface area contributed by atoms with Gasteiger partial charge in [0.25, 0.3) is 0 Å². The van der Waals surface area contributed by atoms with Crippen molar-refractivity contribution in [1.82, 2.24) is 4.90 Å². The molecule has 3 rings (SSSR count). The number of ether oxygens (including phenoxy) is 1. The first-order valence-electron chi connectivity index (χ1n) is 9.46. The van der Waals surface area contributed by atoms with Crippen molar-refractivity contribution in [3.8, 4) is 5.75 Å². The van der Waals surface area contributed by atoms with Crippen molar-refractivity contribution in [3.05, 3.63) is 67.0 Å². The molecule has 8 heteroatoms. The van der Waals surface area contributed by atoms with Crippen molar-refractivity contribution < 1.29 is 18.7 Å². The number of halogens is 1. The van der Waals surface area contributed by atoms with Crippen LogP contribution < -0.4 is 10.1 Å². The molecule has 0 aromatic heterocycles. The Morgan fingerprint density at radius 1 is 1.27 bits per heavy atom. The third-order valence-electron chi connectivity index (χ3n) is 4.20. The van der Waals surface area contributed by atoms with Crippen LogP contribution in [0.2, 0.25) is 0 Å². The summed E-state index contributed by atoms with van der Waals surface area (Å²) in [5, 5.41) is 2.67. The number of rotatable bonds is 8. The molecule has 1 aliphatic heterocycles. The summed E-state index contributed by atoms with van der Waals surface area (Å²) in [5.41, 5.74) is 1.15. The van der Waals surface area contributed by atoms with Crippen LogP contribution in [0.1, 0.15) is 13.3 Å². The summed E-state index contributed by atoms with van der Waals surface area (Å²) in [5.74, 6) is -0.117. The van der Waals surface area contributed by atoms with E-state index in [1.165, 1.54) is 40.9 Å². The maximum absolute atomic E-state index is 13.1. The number of thioether (sulfide) groups is 1. The number of amidine groups is 1. The van der Waals surface area contributed by atoms with E-state index >= 15 is 0 Å². The van der Waals surface area contributed by atoms with Crippen LogP contribution in [0.4, 0.5) is 15.8 Å². The topological polar surface area (TPSA) is 71.0 Å². The number of carbonyl (C=O) groups excluding carboxylic acids is 2.